The van der Waals surface area contributed by atoms with Crippen molar-refractivity contribution in [2.75, 3.05) is 13.1 Å². The molecule has 0 heterocycles. The standard InChI is InChI=1S/C13H18N2O.ClH/c14-8-9-15-13(16)12-7-3-5-10-4-1-2-6-11(10)12;/h1-2,4,6,12H,3,5,7-9,14H2,(H,15,16);1H. The number of aryl methyl sites for hydroxylation is 1. The number of halogens is 1. The Morgan fingerprint density at radius 2 is 2.18 bits per heavy atom. The summed E-state index contributed by atoms with van der Waals surface area (Å²) in [5.41, 5.74) is 7.90. The van der Waals surface area contributed by atoms with Gasteiger partial charge in [-0.25, -0.2) is 0 Å². The van der Waals surface area contributed by atoms with E-state index in [1.54, 1.807) is 0 Å². The summed E-state index contributed by atoms with van der Waals surface area (Å²) in [7, 11) is 0. The fourth-order valence-electron chi connectivity index (χ4n) is 2.34. The van der Waals surface area contributed by atoms with E-state index in [0.717, 1.165) is 19.3 Å². The van der Waals surface area contributed by atoms with Gasteiger partial charge in [-0.2, -0.15) is 0 Å². The molecule has 0 saturated carbocycles. The largest absolute Gasteiger partial charge is 0.354 e. The molecule has 94 valence electrons. The third-order valence-electron chi connectivity index (χ3n) is 3.13. The van der Waals surface area contributed by atoms with Crippen molar-refractivity contribution in [1.29, 1.82) is 0 Å². The Labute approximate surface area is 108 Å². The maximum Gasteiger partial charge on any atom is 0.227 e. The molecule has 3 nitrogen and oxygen atoms in total. The molecule has 1 aliphatic carbocycles. The average Bonchev–Trinajstić information content (AvgIpc) is 2.35. The summed E-state index contributed by atoms with van der Waals surface area (Å²) in [6.45, 7) is 1.07. The first-order valence-corrected chi connectivity index (χ1v) is 5.88. The zero-order valence-electron chi connectivity index (χ0n) is 9.82. The molecule has 1 atom stereocenters. The predicted molar refractivity (Wildman–Crippen MR) is 71.4 cm³/mol. The summed E-state index contributed by atoms with van der Waals surface area (Å²) < 4.78 is 0. The molecule has 0 spiro atoms. The van der Waals surface area contributed by atoms with E-state index in [1.807, 2.05) is 12.1 Å². The Morgan fingerprint density at radius 3 is 2.94 bits per heavy atom. The highest BCUT2D eigenvalue weighted by atomic mass is 35.5. The molecule has 3 N–H and O–H groups in total. The fraction of sp³-hybridized carbons (Fsp3) is 0.462. The maximum absolute atomic E-state index is 12.0. The zero-order chi connectivity index (χ0) is 11.4. The van der Waals surface area contributed by atoms with Gasteiger partial charge in [-0.1, -0.05) is 24.3 Å². The Hall–Kier alpha value is -1.06. The Morgan fingerprint density at radius 1 is 1.41 bits per heavy atom. The van der Waals surface area contributed by atoms with Crippen LogP contribution in [0.25, 0.3) is 0 Å². The Bertz CT molecular complexity index is 381. The van der Waals surface area contributed by atoms with Crippen LogP contribution in [0.2, 0.25) is 0 Å². The summed E-state index contributed by atoms with van der Waals surface area (Å²) in [5.74, 6) is 0.147. The van der Waals surface area contributed by atoms with Gasteiger partial charge in [0.05, 0.1) is 5.92 Å². The van der Waals surface area contributed by atoms with Gasteiger partial charge in [0.2, 0.25) is 5.91 Å². The van der Waals surface area contributed by atoms with Crippen LogP contribution in [0.1, 0.15) is 29.9 Å². The van der Waals surface area contributed by atoms with Crippen molar-refractivity contribution in [2.45, 2.75) is 25.2 Å². The Balaban J connectivity index is 0.00000144. The van der Waals surface area contributed by atoms with Crippen LogP contribution in [0.4, 0.5) is 0 Å². The van der Waals surface area contributed by atoms with Crippen molar-refractivity contribution in [3.8, 4) is 0 Å². The van der Waals surface area contributed by atoms with Crippen molar-refractivity contribution in [1.82, 2.24) is 5.32 Å². The molecule has 2 rings (SSSR count). The highest BCUT2D eigenvalue weighted by Gasteiger charge is 2.25. The highest BCUT2D eigenvalue weighted by Crippen LogP contribution is 2.31. The molecule has 0 aliphatic heterocycles. The van der Waals surface area contributed by atoms with E-state index < -0.39 is 0 Å². The monoisotopic (exact) mass is 254 g/mol. The fourth-order valence-corrected chi connectivity index (χ4v) is 2.34. The molecular weight excluding hydrogens is 236 g/mol. The minimum Gasteiger partial charge on any atom is -0.354 e. The van der Waals surface area contributed by atoms with Crippen molar-refractivity contribution in [3.05, 3.63) is 35.4 Å². The molecule has 0 fully saturated rings. The molecule has 1 amide bonds. The van der Waals surface area contributed by atoms with Crippen LogP contribution in [0.3, 0.4) is 0 Å². The molecule has 4 heteroatoms. The van der Waals surface area contributed by atoms with E-state index in [-0.39, 0.29) is 24.2 Å². The van der Waals surface area contributed by atoms with Crippen LogP contribution in [0.5, 0.6) is 0 Å². The molecule has 0 saturated heterocycles. The molecule has 1 aromatic rings. The highest BCUT2D eigenvalue weighted by molar-refractivity contribution is 5.85. The number of nitrogens with two attached hydrogens (primary N) is 1. The molecule has 1 unspecified atom stereocenters. The second-order valence-corrected chi connectivity index (χ2v) is 4.22. The lowest BCUT2D eigenvalue weighted by molar-refractivity contribution is -0.122. The summed E-state index contributed by atoms with van der Waals surface area (Å²) in [5, 5.41) is 2.88. The average molecular weight is 255 g/mol. The van der Waals surface area contributed by atoms with Crippen molar-refractivity contribution >= 4 is 18.3 Å². The number of hydrogen-bond donors (Lipinski definition) is 2. The second kappa shape index (κ2) is 6.62. The number of rotatable bonds is 3. The number of hydrogen-bond acceptors (Lipinski definition) is 2. The van der Waals surface area contributed by atoms with Crippen LogP contribution in [-0.2, 0) is 11.2 Å². The topological polar surface area (TPSA) is 55.1 Å². The van der Waals surface area contributed by atoms with Crippen LogP contribution in [0, 0.1) is 0 Å². The normalized spacial score (nSPS) is 17.8. The lowest BCUT2D eigenvalue weighted by Crippen LogP contribution is -2.34. The SMILES string of the molecule is Cl.NCCNC(=O)C1CCCc2ccccc21. The van der Waals surface area contributed by atoms with E-state index in [4.69, 9.17) is 5.73 Å². The van der Waals surface area contributed by atoms with E-state index >= 15 is 0 Å². The van der Waals surface area contributed by atoms with Crippen LogP contribution in [-0.4, -0.2) is 19.0 Å². The van der Waals surface area contributed by atoms with Crippen molar-refractivity contribution in [3.63, 3.8) is 0 Å². The molecule has 0 radical (unpaired) electrons. The number of nitrogens with one attached hydrogen (secondary N) is 1. The van der Waals surface area contributed by atoms with Gasteiger partial charge >= 0.3 is 0 Å². The van der Waals surface area contributed by atoms with Gasteiger partial charge in [0.15, 0.2) is 0 Å². The van der Waals surface area contributed by atoms with Crippen molar-refractivity contribution in [2.24, 2.45) is 5.73 Å². The van der Waals surface area contributed by atoms with Gasteiger partial charge in [-0.05, 0) is 30.4 Å². The first-order valence-electron chi connectivity index (χ1n) is 5.88. The maximum atomic E-state index is 12.0. The number of benzene rings is 1. The number of carbonyl (C=O) groups is 1. The lowest BCUT2D eigenvalue weighted by atomic mass is 9.82. The summed E-state index contributed by atoms with van der Waals surface area (Å²) in [6.07, 6.45) is 3.14. The number of fused-ring (bicyclic) bond motifs is 1. The quantitative estimate of drug-likeness (QED) is 0.861. The molecule has 1 aliphatic rings. The third-order valence-corrected chi connectivity index (χ3v) is 3.13. The minimum absolute atomic E-state index is 0. The lowest BCUT2D eigenvalue weighted by Gasteiger charge is -2.24. The van der Waals surface area contributed by atoms with Gasteiger partial charge in [-0.3, -0.25) is 4.79 Å². The van der Waals surface area contributed by atoms with Gasteiger partial charge < -0.3 is 11.1 Å². The first-order chi connectivity index (χ1) is 7.83. The molecule has 1 aromatic carbocycles. The van der Waals surface area contributed by atoms with Crippen LogP contribution in [0.15, 0.2) is 24.3 Å². The van der Waals surface area contributed by atoms with Gasteiger partial charge in [0.25, 0.3) is 0 Å². The van der Waals surface area contributed by atoms with Crippen LogP contribution < -0.4 is 11.1 Å². The number of amides is 1. The van der Waals surface area contributed by atoms with Gasteiger partial charge in [0.1, 0.15) is 0 Å². The van der Waals surface area contributed by atoms with E-state index in [1.165, 1.54) is 11.1 Å². The van der Waals surface area contributed by atoms with Crippen molar-refractivity contribution < 1.29 is 4.79 Å². The Kier molecular flexibility index (Phi) is 5.45. The summed E-state index contributed by atoms with van der Waals surface area (Å²) in [6, 6.07) is 8.24. The van der Waals surface area contributed by atoms with Gasteiger partial charge in [0, 0.05) is 13.1 Å². The second-order valence-electron chi connectivity index (χ2n) is 4.22. The van der Waals surface area contributed by atoms with Crippen LogP contribution >= 0.6 is 12.4 Å². The molecule has 0 aromatic heterocycles. The zero-order valence-corrected chi connectivity index (χ0v) is 10.6. The smallest absolute Gasteiger partial charge is 0.227 e. The van der Waals surface area contributed by atoms with E-state index in [0.29, 0.717) is 13.1 Å². The predicted octanol–water partition coefficient (Wildman–Crippen LogP) is 1.60. The number of carbonyl (C=O) groups excluding carboxylic acids is 1. The minimum atomic E-state index is 0. The first kappa shape index (κ1) is 14.0. The summed E-state index contributed by atoms with van der Waals surface area (Å²) >= 11 is 0. The van der Waals surface area contributed by atoms with Gasteiger partial charge in [-0.15, -0.1) is 12.4 Å². The van der Waals surface area contributed by atoms with E-state index in [9.17, 15) is 4.79 Å². The third kappa shape index (κ3) is 3.20. The summed E-state index contributed by atoms with van der Waals surface area (Å²) in [4.78, 5) is 12.0. The molecular formula is C13H19ClN2O. The molecule has 17 heavy (non-hydrogen) atoms. The van der Waals surface area contributed by atoms with E-state index in [2.05, 4.69) is 17.4 Å². The molecule has 0 bridgehead atoms.